The van der Waals surface area contributed by atoms with Gasteiger partial charge >= 0.3 is 0 Å². The van der Waals surface area contributed by atoms with E-state index in [2.05, 4.69) is 40.1 Å². The molecule has 0 aliphatic heterocycles. The summed E-state index contributed by atoms with van der Waals surface area (Å²) in [4.78, 5) is 0. The standard InChI is InChI=1S/C16H29N/c1-10(2)11-7-15(3)9-16(4)8-12(11)13(15)6-14(16)17-5/h10-14H,5-9,17H2,1-4H3/t11-,12?,13?,14+,15?,16?/m0/s1. The SMILES string of the molecule is [CH2-][NH2+][C@@H]1CC2C3CC1(C)CC2(C)C[C@H]3C(C)C. The van der Waals surface area contributed by atoms with Gasteiger partial charge in [-0.3, -0.25) is 0 Å². The summed E-state index contributed by atoms with van der Waals surface area (Å²) in [7, 11) is 4.10. The maximum atomic E-state index is 4.10. The van der Waals surface area contributed by atoms with Crippen molar-refractivity contribution in [3.05, 3.63) is 7.05 Å². The minimum absolute atomic E-state index is 0.569. The van der Waals surface area contributed by atoms with Crippen LogP contribution < -0.4 is 5.32 Å². The second-order valence-electron chi connectivity index (χ2n) is 8.15. The van der Waals surface area contributed by atoms with E-state index >= 15 is 0 Å². The Morgan fingerprint density at radius 2 is 1.88 bits per heavy atom. The molecule has 4 bridgehead atoms. The Hall–Kier alpha value is -0.0400. The molecule has 1 heteroatoms. The zero-order valence-corrected chi connectivity index (χ0v) is 12.0. The van der Waals surface area contributed by atoms with Crippen molar-refractivity contribution in [2.45, 2.75) is 59.4 Å². The highest BCUT2D eigenvalue weighted by molar-refractivity contribution is 5.13. The Kier molecular flexibility index (Phi) is 2.47. The molecular formula is C16H29N. The number of rotatable bonds is 2. The minimum Gasteiger partial charge on any atom is -0.476 e. The van der Waals surface area contributed by atoms with Crippen LogP contribution in [0.3, 0.4) is 0 Å². The highest BCUT2D eigenvalue weighted by Gasteiger charge is 2.64. The Morgan fingerprint density at radius 1 is 1.18 bits per heavy atom. The first-order chi connectivity index (χ1) is 7.89. The van der Waals surface area contributed by atoms with E-state index in [1.807, 2.05) is 0 Å². The predicted octanol–water partition coefficient (Wildman–Crippen LogP) is 2.83. The molecule has 2 N–H and O–H groups in total. The smallest absolute Gasteiger partial charge is 0.0677 e. The van der Waals surface area contributed by atoms with Crippen molar-refractivity contribution in [3.63, 3.8) is 0 Å². The average molecular weight is 235 g/mol. The molecule has 1 nitrogen and oxygen atoms in total. The third-order valence-electron chi connectivity index (χ3n) is 6.72. The van der Waals surface area contributed by atoms with Gasteiger partial charge in [-0.15, -0.1) is 0 Å². The molecule has 0 aromatic rings. The lowest BCUT2D eigenvalue weighted by atomic mass is 9.49. The maximum Gasteiger partial charge on any atom is 0.0677 e. The summed E-state index contributed by atoms with van der Waals surface area (Å²) in [6, 6.07) is 0.794. The van der Waals surface area contributed by atoms with Crippen molar-refractivity contribution >= 4 is 0 Å². The molecule has 4 unspecified atom stereocenters. The van der Waals surface area contributed by atoms with Gasteiger partial charge in [-0.1, -0.05) is 27.7 Å². The largest absolute Gasteiger partial charge is 0.476 e. The fourth-order valence-corrected chi connectivity index (χ4v) is 6.10. The Balaban J connectivity index is 1.94. The van der Waals surface area contributed by atoms with Crippen LogP contribution in [0.1, 0.15) is 53.4 Å². The third-order valence-corrected chi connectivity index (χ3v) is 6.72. The van der Waals surface area contributed by atoms with E-state index < -0.39 is 0 Å². The van der Waals surface area contributed by atoms with E-state index in [0.717, 1.165) is 29.7 Å². The van der Waals surface area contributed by atoms with E-state index in [-0.39, 0.29) is 0 Å². The number of quaternary nitrogens is 1. The van der Waals surface area contributed by atoms with Crippen molar-refractivity contribution in [3.8, 4) is 0 Å². The first-order valence-electron chi connectivity index (χ1n) is 7.52. The summed E-state index contributed by atoms with van der Waals surface area (Å²) in [5.41, 5.74) is 1.23. The first kappa shape index (κ1) is 12.0. The van der Waals surface area contributed by atoms with E-state index in [0.29, 0.717) is 10.8 Å². The van der Waals surface area contributed by atoms with Crippen molar-refractivity contribution < 1.29 is 5.32 Å². The Labute approximate surface area is 107 Å². The lowest BCUT2D eigenvalue weighted by molar-refractivity contribution is -0.659. The molecule has 0 radical (unpaired) electrons. The zero-order chi connectivity index (χ0) is 12.4. The van der Waals surface area contributed by atoms with Crippen LogP contribution in [0.15, 0.2) is 0 Å². The van der Waals surface area contributed by atoms with Crippen LogP contribution >= 0.6 is 0 Å². The zero-order valence-electron chi connectivity index (χ0n) is 12.0. The first-order valence-corrected chi connectivity index (χ1v) is 7.52. The monoisotopic (exact) mass is 235 g/mol. The molecule has 4 saturated carbocycles. The van der Waals surface area contributed by atoms with E-state index in [1.54, 1.807) is 0 Å². The second-order valence-corrected chi connectivity index (χ2v) is 8.15. The molecule has 6 atom stereocenters. The summed E-state index contributed by atoms with van der Waals surface area (Å²) in [6.45, 7) is 10.0. The van der Waals surface area contributed by atoms with Crippen LogP contribution in [-0.2, 0) is 0 Å². The molecule has 4 fully saturated rings. The summed E-state index contributed by atoms with van der Waals surface area (Å²) in [6.07, 6.45) is 5.87. The summed E-state index contributed by atoms with van der Waals surface area (Å²) < 4.78 is 0. The van der Waals surface area contributed by atoms with Crippen molar-refractivity contribution in [2.75, 3.05) is 0 Å². The molecule has 0 aromatic heterocycles. The molecule has 0 amide bonds. The molecule has 4 rings (SSSR count). The van der Waals surface area contributed by atoms with E-state index in [1.165, 1.54) is 25.7 Å². The van der Waals surface area contributed by atoms with Crippen molar-refractivity contribution in [1.82, 2.24) is 0 Å². The lowest BCUT2D eigenvalue weighted by Gasteiger charge is -2.57. The summed E-state index contributed by atoms with van der Waals surface area (Å²) >= 11 is 0. The van der Waals surface area contributed by atoms with Gasteiger partial charge in [0.25, 0.3) is 0 Å². The number of nitrogens with two attached hydrogens (primary N) is 1. The Morgan fingerprint density at radius 3 is 2.41 bits per heavy atom. The van der Waals surface area contributed by atoms with Crippen LogP contribution in [0, 0.1) is 41.5 Å². The maximum absolute atomic E-state index is 4.10. The summed E-state index contributed by atoms with van der Waals surface area (Å²) in [5, 5.41) is 2.26. The second kappa shape index (κ2) is 3.50. The van der Waals surface area contributed by atoms with Crippen LogP contribution in [0.2, 0.25) is 0 Å². The van der Waals surface area contributed by atoms with Gasteiger partial charge in [-0.2, -0.15) is 7.05 Å². The lowest BCUT2D eigenvalue weighted by Crippen LogP contribution is -2.89. The van der Waals surface area contributed by atoms with Gasteiger partial charge in [-0.25, -0.2) is 0 Å². The van der Waals surface area contributed by atoms with Crippen LogP contribution in [0.5, 0.6) is 0 Å². The molecule has 4 aliphatic rings. The molecule has 0 spiro atoms. The average Bonchev–Trinajstić information content (AvgIpc) is 2.43. The van der Waals surface area contributed by atoms with Gasteiger partial charge in [0.05, 0.1) is 6.04 Å². The Bertz CT molecular complexity index is 323. The highest BCUT2D eigenvalue weighted by atomic mass is 14.9. The van der Waals surface area contributed by atoms with Gasteiger partial charge in [0.2, 0.25) is 0 Å². The van der Waals surface area contributed by atoms with E-state index in [9.17, 15) is 0 Å². The minimum atomic E-state index is 0.569. The van der Waals surface area contributed by atoms with Gasteiger partial charge in [0.15, 0.2) is 0 Å². The number of hydrogen-bond acceptors (Lipinski definition) is 0. The third kappa shape index (κ3) is 1.47. The van der Waals surface area contributed by atoms with Crippen molar-refractivity contribution in [1.29, 1.82) is 0 Å². The topological polar surface area (TPSA) is 16.6 Å². The quantitative estimate of drug-likeness (QED) is 0.709. The van der Waals surface area contributed by atoms with Gasteiger partial charge in [0.1, 0.15) is 0 Å². The number of hydrogen-bond donors (Lipinski definition) is 1. The molecular weight excluding hydrogens is 206 g/mol. The van der Waals surface area contributed by atoms with Gasteiger partial charge in [-0.05, 0) is 48.3 Å². The fourth-order valence-electron chi connectivity index (χ4n) is 6.10. The van der Waals surface area contributed by atoms with Gasteiger partial charge in [0, 0.05) is 11.8 Å². The van der Waals surface area contributed by atoms with Gasteiger partial charge < -0.3 is 5.32 Å². The normalized spacial score (nSPS) is 56.8. The van der Waals surface area contributed by atoms with Crippen LogP contribution in [0.25, 0.3) is 0 Å². The summed E-state index contributed by atoms with van der Waals surface area (Å²) in [5.74, 6) is 3.90. The molecule has 0 aromatic carbocycles. The van der Waals surface area contributed by atoms with Crippen LogP contribution in [0.4, 0.5) is 0 Å². The molecule has 0 saturated heterocycles. The number of fused-ring (bicyclic) bond motifs is 1. The highest BCUT2D eigenvalue weighted by Crippen LogP contribution is 2.69. The van der Waals surface area contributed by atoms with Crippen LogP contribution in [-0.4, -0.2) is 6.04 Å². The predicted molar refractivity (Wildman–Crippen MR) is 71.1 cm³/mol. The molecule has 4 aliphatic carbocycles. The van der Waals surface area contributed by atoms with E-state index in [4.69, 9.17) is 0 Å². The fraction of sp³-hybridized carbons (Fsp3) is 0.938. The molecule has 98 valence electrons. The molecule has 17 heavy (non-hydrogen) atoms. The van der Waals surface area contributed by atoms with Crippen molar-refractivity contribution in [2.24, 2.45) is 34.5 Å². The molecule has 0 heterocycles.